The number of non-ortho nitro benzene ring substituents is 1. The molecule has 0 aliphatic rings. The van der Waals surface area contributed by atoms with E-state index in [0.29, 0.717) is 17.8 Å². The van der Waals surface area contributed by atoms with Crippen LogP contribution in [0, 0.1) is 17.0 Å². The number of aryl methyl sites for hydroxylation is 1. The molecular formula is C17H16N4O4S. The van der Waals surface area contributed by atoms with Crippen molar-refractivity contribution in [3.63, 3.8) is 0 Å². The van der Waals surface area contributed by atoms with Crippen LogP contribution in [0.3, 0.4) is 0 Å². The van der Waals surface area contributed by atoms with E-state index in [-0.39, 0.29) is 10.6 Å². The van der Waals surface area contributed by atoms with Crippen molar-refractivity contribution in [1.82, 2.24) is 9.78 Å². The van der Waals surface area contributed by atoms with Crippen molar-refractivity contribution in [3.8, 4) is 0 Å². The fraction of sp³-hybridized carbons (Fsp3) is 0.118. The number of hydrogen-bond donors (Lipinski definition) is 1. The van der Waals surface area contributed by atoms with Crippen LogP contribution < -0.4 is 4.72 Å². The van der Waals surface area contributed by atoms with Crippen molar-refractivity contribution in [2.45, 2.75) is 18.4 Å². The highest BCUT2D eigenvalue weighted by Gasteiger charge is 2.19. The predicted molar refractivity (Wildman–Crippen MR) is 96.4 cm³/mol. The number of anilines is 1. The Morgan fingerprint density at radius 1 is 1.19 bits per heavy atom. The van der Waals surface area contributed by atoms with E-state index in [2.05, 4.69) is 9.82 Å². The molecule has 2 aromatic carbocycles. The van der Waals surface area contributed by atoms with Crippen LogP contribution in [0.1, 0.15) is 11.1 Å². The van der Waals surface area contributed by atoms with Gasteiger partial charge in [-0.05, 0) is 42.3 Å². The number of benzene rings is 2. The second-order valence-electron chi connectivity index (χ2n) is 5.71. The summed E-state index contributed by atoms with van der Waals surface area (Å²) in [5.41, 5.74) is 1.54. The van der Waals surface area contributed by atoms with Crippen molar-refractivity contribution in [1.29, 1.82) is 0 Å². The summed E-state index contributed by atoms with van der Waals surface area (Å²) in [7, 11) is -3.84. The number of nitro groups is 1. The first-order valence-corrected chi connectivity index (χ1v) is 9.18. The van der Waals surface area contributed by atoms with Crippen molar-refractivity contribution in [2.24, 2.45) is 0 Å². The van der Waals surface area contributed by atoms with Crippen molar-refractivity contribution < 1.29 is 13.3 Å². The third kappa shape index (κ3) is 3.89. The first-order chi connectivity index (χ1) is 12.3. The molecule has 0 fully saturated rings. The van der Waals surface area contributed by atoms with Gasteiger partial charge in [0.05, 0.1) is 16.4 Å². The average molecular weight is 372 g/mol. The molecule has 8 nitrogen and oxygen atoms in total. The molecule has 0 saturated carbocycles. The van der Waals surface area contributed by atoms with Gasteiger partial charge in [0, 0.05) is 30.2 Å². The van der Waals surface area contributed by atoms with Crippen LogP contribution >= 0.6 is 0 Å². The minimum absolute atomic E-state index is 0.00344. The van der Waals surface area contributed by atoms with Crippen LogP contribution in [0.2, 0.25) is 0 Å². The second-order valence-corrected chi connectivity index (χ2v) is 7.36. The molecule has 1 aromatic heterocycles. The zero-order valence-corrected chi connectivity index (χ0v) is 14.7. The molecule has 0 atom stereocenters. The number of nitrogens with one attached hydrogen (secondary N) is 1. The average Bonchev–Trinajstić information content (AvgIpc) is 3.09. The number of sulfonamides is 1. The highest BCUT2D eigenvalue weighted by molar-refractivity contribution is 7.92. The zero-order valence-electron chi connectivity index (χ0n) is 13.9. The lowest BCUT2D eigenvalue weighted by Gasteiger charge is -2.11. The van der Waals surface area contributed by atoms with Gasteiger partial charge in [-0.25, -0.2) is 8.42 Å². The van der Waals surface area contributed by atoms with Crippen LogP contribution in [-0.2, 0) is 16.6 Å². The second kappa shape index (κ2) is 6.96. The minimum Gasteiger partial charge on any atom is -0.280 e. The Hall–Kier alpha value is -3.20. The Balaban J connectivity index is 1.78. The molecule has 3 aromatic rings. The molecule has 0 bridgehead atoms. The molecule has 0 amide bonds. The molecule has 0 radical (unpaired) electrons. The summed E-state index contributed by atoms with van der Waals surface area (Å²) in [6.07, 6.45) is 3.53. The molecule has 9 heteroatoms. The van der Waals surface area contributed by atoms with Gasteiger partial charge in [-0.1, -0.05) is 12.1 Å². The largest absolute Gasteiger partial charge is 0.280 e. The lowest BCUT2D eigenvalue weighted by molar-refractivity contribution is -0.385. The maximum absolute atomic E-state index is 12.5. The van der Waals surface area contributed by atoms with E-state index in [1.165, 1.54) is 25.1 Å². The lowest BCUT2D eigenvalue weighted by Crippen LogP contribution is -2.14. The zero-order chi connectivity index (χ0) is 18.7. The SMILES string of the molecule is Cc1cc([N+](=O)[O-])ccc1S(=O)(=O)Nc1ccc(Cn2cccn2)cc1. The topological polar surface area (TPSA) is 107 Å². The van der Waals surface area contributed by atoms with Gasteiger partial charge >= 0.3 is 0 Å². The maximum Gasteiger partial charge on any atom is 0.269 e. The molecule has 0 spiro atoms. The summed E-state index contributed by atoms with van der Waals surface area (Å²) in [5, 5.41) is 14.9. The van der Waals surface area contributed by atoms with Crippen LogP contribution in [0.5, 0.6) is 0 Å². The van der Waals surface area contributed by atoms with Gasteiger partial charge in [-0.3, -0.25) is 19.5 Å². The maximum atomic E-state index is 12.5. The fourth-order valence-electron chi connectivity index (χ4n) is 2.52. The number of nitro benzene ring substituents is 1. The van der Waals surface area contributed by atoms with Crippen LogP contribution in [-0.4, -0.2) is 23.1 Å². The van der Waals surface area contributed by atoms with Crippen LogP contribution in [0.25, 0.3) is 0 Å². The van der Waals surface area contributed by atoms with Crippen molar-refractivity contribution in [3.05, 3.63) is 82.2 Å². The van der Waals surface area contributed by atoms with Crippen molar-refractivity contribution >= 4 is 21.4 Å². The van der Waals surface area contributed by atoms with E-state index in [1.807, 2.05) is 24.4 Å². The van der Waals surface area contributed by atoms with E-state index in [9.17, 15) is 18.5 Å². The van der Waals surface area contributed by atoms with Crippen molar-refractivity contribution in [2.75, 3.05) is 4.72 Å². The number of hydrogen-bond acceptors (Lipinski definition) is 5. The number of aromatic nitrogens is 2. The smallest absolute Gasteiger partial charge is 0.269 e. The predicted octanol–water partition coefficient (Wildman–Crippen LogP) is 2.95. The Morgan fingerprint density at radius 3 is 2.50 bits per heavy atom. The van der Waals surface area contributed by atoms with Gasteiger partial charge in [0.1, 0.15) is 0 Å². The van der Waals surface area contributed by atoms with E-state index >= 15 is 0 Å². The molecule has 0 saturated heterocycles. The van der Waals surface area contributed by atoms with E-state index in [0.717, 1.165) is 5.56 Å². The molecule has 0 unspecified atom stereocenters. The summed E-state index contributed by atoms with van der Waals surface area (Å²) in [4.78, 5) is 10.2. The van der Waals surface area contributed by atoms with E-state index in [1.54, 1.807) is 23.0 Å². The summed E-state index contributed by atoms with van der Waals surface area (Å²) in [6, 6.07) is 12.4. The van der Waals surface area contributed by atoms with Gasteiger partial charge in [0.25, 0.3) is 15.7 Å². The molecular weight excluding hydrogens is 356 g/mol. The summed E-state index contributed by atoms with van der Waals surface area (Å²) >= 11 is 0. The minimum atomic E-state index is -3.84. The Labute approximate surface area is 150 Å². The third-order valence-electron chi connectivity index (χ3n) is 3.77. The lowest BCUT2D eigenvalue weighted by atomic mass is 10.2. The van der Waals surface area contributed by atoms with E-state index < -0.39 is 14.9 Å². The monoisotopic (exact) mass is 372 g/mol. The molecule has 134 valence electrons. The summed E-state index contributed by atoms with van der Waals surface area (Å²) < 4.78 is 29.4. The first-order valence-electron chi connectivity index (χ1n) is 7.69. The van der Waals surface area contributed by atoms with Gasteiger partial charge in [0.15, 0.2) is 0 Å². The highest BCUT2D eigenvalue weighted by Crippen LogP contribution is 2.23. The van der Waals surface area contributed by atoms with E-state index in [4.69, 9.17) is 0 Å². The Bertz CT molecular complexity index is 1030. The molecule has 26 heavy (non-hydrogen) atoms. The number of rotatable bonds is 6. The Kier molecular flexibility index (Phi) is 4.72. The molecule has 1 N–H and O–H groups in total. The summed E-state index contributed by atoms with van der Waals surface area (Å²) in [6.45, 7) is 2.11. The van der Waals surface area contributed by atoms with Gasteiger partial charge in [-0.2, -0.15) is 5.10 Å². The Morgan fingerprint density at radius 2 is 1.92 bits per heavy atom. The fourth-order valence-corrected chi connectivity index (χ4v) is 3.80. The normalized spacial score (nSPS) is 11.3. The van der Waals surface area contributed by atoms with Crippen LogP contribution in [0.4, 0.5) is 11.4 Å². The summed E-state index contributed by atoms with van der Waals surface area (Å²) in [5.74, 6) is 0. The molecule has 0 aliphatic heterocycles. The standard InChI is InChI=1S/C17H16N4O4S/c1-13-11-16(21(22)23)7-8-17(13)26(24,25)19-15-5-3-14(4-6-15)12-20-10-2-9-18-20/h2-11,19H,12H2,1H3. The first kappa shape index (κ1) is 17.6. The van der Waals surface area contributed by atoms with Crippen LogP contribution in [0.15, 0.2) is 65.8 Å². The third-order valence-corrected chi connectivity index (χ3v) is 5.31. The quantitative estimate of drug-likeness (QED) is 0.529. The molecule has 3 rings (SSSR count). The number of nitrogens with zero attached hydrogens (tertiary/aromatic N) is 3. The van der Waals surface area contributed by atoms with Gasteiger partial charge in [-0.15, -0.1) is 0 Å². The molecule has 0 aliphatic carbocycles. The van der Waals surface area contributed by atoms with Gasteiger partial charge < -0.3 is 0 Å². The van der Waals surface area contributed by atoms with Gasteiger partial charge in [0.2, 0.25) is 0 Å². The molecule has 1 heterocycles. The highest BCUT2D eigenvalue weighted by atomic mass is 32.2.